The molecule has 1 N–H and O–H groups in total. The van der Waals surface area contributed by atoms with Crippen molar-refractivity contribution in [3.8, 4) is 28.4 Å². The molecule has 0 saturated carbocycles. The predicted molar refractivity (Wildman–Crippen MR) is 149 cm³/mol. The molecule has 0 bridgehead atoms. The van der Waals surface area contributed by atoms with Crippen molar-refractivity contribution in [2.45, 2.75) is 39.0 Å². The molecule has 0 saturated heterocycles. The van der Waals surface area contributed by atoms with E-state index in [1.807, 2.05) is 48.5 Å². The zero-order chi connectivity index (χ0) is 25.6. The molecule has 0 fully saturated rings. The summed E-state index contributed by atoms with van der Waals surface area (Å²) in [6, 6.07) is 28.9. The molecule has 4 nitrogen and oxygen atoms in total. The van der Waals surface area contributed by atoms with Crippen LogP contribution >= 0.6 is 0 Å². The van der Waals surface area contributed by atoms with E-state index in [2.05, 4.69) is 68.6 Å². The fourth-order valence-electron chi connectivity index (χ4n) is 5.58. The van der Waals surface area contributed by atoms with Crippen LogP contribution in [-0.2, 0) is 6.61 Å². The third-order valence-corrected chi connectivity index (χ3v) is 7.09. The number of ether oxygens (including phenoxy) is 3. The van der Waals surface area contributed by atoms with Crippen molar-refractivity contribution in [3.63, 3.8) is 0 Å². The van der Waals surface area contributed by atoms with Crippen molar-refractivity contribution in [1.29, 1.82) is 0 Å². The lowest BCUT2D eigenvalue weighted by Crippen LogP contribution is -2.32. The highest BCUT2D eigenvalue weighted by atomic mass is 16.5. The van der Waals surface area contributed by atoms with E-state index in [1.54, 1.807) is 7.11 Å². The highest BCUT2D eigenvalue weighted by Crippen LogP contribution is 2.53. The fourth-order valence-corrected chi connectivity index (χ4v) is 5.58. The molecule has 4 aromatic carbocycles. The minimum absolute atomic E-state index is 0.121. The smallest absolute Gasteiger partial charge is 0.150 e. The van der Waals surface area contributed by atoms with Gasteiger partial charge >= 0.3 is 0 Å². The molecule has 37 heavy (non-hydrogen) atoms. The molecule has 0 aromatic heterocycles. The van der Waals surface area contributed by atoms with Crippen LogP contribution in [0, 0.1) is 0 Å². The lowest BCUT2D eigenvalue weighted by atomic mass is 9.80. The number of hydrogen-bond donors (Lipinski definition) is 1. The predicted octanol–water partition coefficient (Wildman–Crippen LogP) is 8.03. The molecule has 0 aliphatic carbocycles. The summed E-state index contributed by atoms with van der Waals surface area (Å²) in [5, 5.41) is 3.70. The molecule has 1 unspecified atom stereocenters. The Morgan fingerprint density at radius 2 is 1.65 bits per heavy atom. The summed E-state index contributed by atoms with van der Waals surface area (Å²) in [6.45, 7) is 7.12. The fraction of sp³-hybridized carbons (Fsp3) is 0.212. The summed E-state index contributed by atoms with van der Waals surface area (Å²) < 4.78 is 18.6. The molecule has 4 heteroatoms. The second-order valence-corrected chi connectivity index (χ2v) is 10.3. The van der Waals surface area contributed by atoms with Crippen molar-refractivity contribution in [2.75, 3.05) is 12.4 Å². The quantitative estimate of drug-likeness (QED) is 0.308. The van der Waals surface area contributed by atoms with E-state index in [0.717, 1.165) is 50.8 Å². The summed E-state index contributed by atoms with van der Waals surface area (Å²) in [7, 11) is 1.71. The molecular weight excluding hydrogens is 458 g/mol. The highest BCUT2D eigenvalue weighted by Gasteiger charge is 2.35. The van der Waals surface area contributed by atoms with Crippen molar-refractivity contribution in [2.24, 2.45) is 0 Å². The van der Waals surface area contributed by atoms with Crippen molar-refractivity contribution in [1.82, 2.24) is 0 Å². The van der Waals surface area contributed by atoms with Crippen LogP contribution in [0.3, 0.4) is 0 Å². The average Bonchev–Trinajstić information content (AvgIpc) is 2.90. The molecule has 6 rings (SSSR count). The Balaban J connectivity index is 1.43. The van der Waals surface area contributed by atoms with Gasteiger partial charge in [0.1, 0.15) is 23.9 Å². The van der Waals surface area contributed by atoms with Gasteiger partial charge in [-0.2, -0.15) is 0 Å². The minimum Gasteiger partial charge on any atom is -0.496 e. The Morgan fingerprint density at radius 3 is 2.41 bits per heavy atom. The maximum Gasteiger partial charge on any atom is 0.150 e. The van der Waals surface area contributed by atoms with E-state index >= 15 is 0 Å². The molecule has 2 aliphatic heterocycles. The number of hydrogen-bond acceptors (Lipinski definition) is 4. The van der Waals surface area contributed by atoms with Gasteiger partial charge in [0.15, 0.2) is 6.10 Å². The van der Waals surface area contributed by atoms with Gasteiger partial charge in [-0.15, -0.1) is 0 Å². The summed E-state index contributed by atoms with van der Waals surface area (Å²) >= 11 is 0. The molecule has 2 heterocycles. The number of anilines is 1. The van der Waals surface area contributed by atoms with E-state index in [1.165, 1.54) is 11.1 Å². The first-order chi connectivity index (χ1) is 17.9. The van der Waals surface area contributed by atoms with E-state index in [-0.39, 0.29) is 11.6 Å². The third-order valence-electron chi connectivity index (χ3n) is 7.09. The lowest BCUT2D eigenvalue weighted by molar-refractivity contribution is 0.241. The Labute approximate surface area is 218 Å². The number of rotatable bonds is 5. The second-order valence-electron chi connectivity index (χ2n) is 10.3. The molecule has 186 valence electrons. The largest absolute Gasteiger partial charge is 0.496 e. The average molecular weight is 490 g/mol. The number of allylic oxidation sites excluding steroid dienone is 1. The van der Waals surface area contributed by atoms with Gasteiger partial charge in [-0.05, 0) is 73.4 Å². The molecule has 0 amide bonds. The number of fused-ring (bicyclic) bond motifs is 5. The first-order valence-electron chi connectivity index (χ1n) is 12.7. The second kappa shape index (κ2) is 9.04. The molecule has 0 spiro atoms. The van der Waals surface area contributed by atoms with Crippen LogP contribution in [0.5, 0.6) is 17.2 Å². The van der Waals surface area contributed by atoms with E-state index in [9.17, 15) is 0 Å². The molecule has 0 radical (unpaired) electrons. The van der Waals surface area contributed by atoms with E-state index in [0.29, 0.717) is 6.61 Å². The van der Waals surface area contributed by atoms with Crippen LogP contribution in [0.15, 0.2) is 91.0 Å². The SMILES string of the molecule is COc1cccc2c1-c1ccc3c(c1C(c1ccc(OCc4ccccc4)cc1)O2)C(C)=CC(C)(C)N3. The molecule has 2 aliphatic rings. The number of benzene rings is 4. The topological polar surface area (TPSA) is 39.7 Å². The highest BCUT2D eigenvalue weighted by molar-refractivity contribution is 5.91. The monoisotopic (exact) mass is 489 g/mol. The maximum atomic E-state index is 6.75. The molecule has 1 atom stereocenters. The third kappa shape index (κ3) is 4.23. The van der Waals surface area contributed by atoms with Crippen LogP contribution < -0.4 is 19.5 Å². The van der Waals surface area contributed by atoms with Gasteiger partial charge in [0.05, 0.1) is 18.2 Å². The Morgan fingerprint density at radius 1 is 0.865 bits per heavy atom. The summed E-state index contributed by atoms with van der Waals surface area (Å²) in [5.74, 6) is 2.47. The summed E-state index contributed by atoms with van der Waals surface area (Å²) in [4.78, 5) is 0. The summed E-state index contributed by atoms with van der Waals surface area (Å²) in [5.41, 5.74) is 8.96. The Bertz CT molecular complexity index is 1490. The van der Waals surface area contributed by atoms with Crippen LogP contribution in [0.2, 0.25) is 0 Å². The first-order valence-corrected chi connectivity index (χ1v) is 12.7. The van der Waals surface area contributed by atoms with Gasteiger partial charge in [-0.1, -0.05) is 60.7 Å². The van der Waals surface area contributed by atoms with Gasteiger partial charge in [0.2, 0.25) is 0 Å². The van der Waals surface area contributed by atoms with Crippen molar-refractivity contribution in [3.05, 3.63) is 113 Å². The number of methoxy groups -OCH3 is 1. The van der Waals surface area contributed by atoms with E-state index < -0.39 is 0 Å². The Kier molecular flexibility index (Phi) is 5.68. The lowest BCUT2D eigenvalue weighted by Gasteiger charge is -2.37. The van der Waals surface area contributed by atoms with Gasteiger partial charge in [0.25, 0.3) is 0 Å². The molecular formula is C33H31NO3. The first kappa shape index (κ1) is 23.2. The number of nitrogens with one attached hydrogen (secondary N) is 1. The van der Waals surface area contributed by atoms with Crippen LogP contribution in [0.4, 0.5) is 5.69 Å². The standard InChI is InChI=1S/C33H31NO3/c1-21-19-33(2,3)34-26-18-17-25-30-27(35-4)11-8-12-28(30)37-32(31(25)29(21)26)23-13-15-24(16-14-23)36-20-22-9-6-5-7-10-22/h5-19,32,34H,20H2,1-4H3. The zero-order valence-corrected chi connectivity index (χ0v) is 21.7. The molecule has 4 aromatic rings. The normalized spacial score (nSPS) is 16.8. The van der Waals surface area contributed by atoms with Crippen LogP contribution in [0.1, 0.15) is 49.1 Å². The van der Waals surface area contributed by atoms with Crippen LogP contribution in [0.25, 0.3) is 16.7 Å². The Hall–Kier alpha value is -4.18. The zero-order valence-electron chi connectivity index (χ0n) is 21.7. The van der Waals surface area contributed by atoms with E-state index in [4.69, 9.17) is 14.2 Å². The van der Waals surface area contributed by atoms with Crippen LogP contribution in [-0.4, -0.2) is 12.6 Å². The van der Waals surface area contributed by atoms with Crippen molar-refractivity contribution < 1.29 is 14.2 Å². The maximum absolute atomic E-state index is 6.75. The van der Waals surface area contributed by atoms with Gasteiger partial charge in [0, 0.05) is 16.8 Å². The summed E-state index contributed by atoms with van der Waals surface area (Å²) in [6.07, 6.45) is 2.03. The van der Waals surface area contributed by atoms with Gasteiger partial charge in [-0.3, -0.25) is 0 Å². The minimum atomic E-state index is -0.265. The van der Waals surface area contributed by atoms with Gasteiger partial charge in [-0.25, -0.2) is 0 Å². The van der Waals surface area contributed by atoms with Crippen molar-refractivity contribution >= 4 is 11.3 Å². The van der Waals surface area contributed by atoms with Gasteiger partial charge < -0.3 is 19.5 Å².